The van der Waals surface area contributed by atoms with Crippen molar-refractivity contribution in [2.45, 2.75) is 44.1 Å². The molecule has 0 unspecified atom stereocenters. The molecule has 4 rings (SSSR count). The normalized spacial score (nSPS) is 19.8. The number of benzene rings is 1. The number of hydrogen-bond acceptors (Lipinski definition) is 3. The van der Waals surface area contributed by atoms with Crippen molar-refractivity contribution in [3.8, 4) is 17.2 Å². The molecule has 4 nitrogen and oxygen atoms in total. The molecule has 0 N–H and O–H groups in total. The van der Waals surface area contributed by atoms with Gasteiger partial charge >= 0.3 is 0 Å². The lowest BCUT2D eigenvalue weighted by Crippen LogP contribution is -2.32. The molecule has 0 atom stereocenters. The number of aromatic nitrogens is 2. The maximum atomic E-state index is 9.69. The largest absolute Gasteiger partial charge is 0.381 e. The maximum Gasteiger partial charge on any atom is 0.0866 e. The highest BCUT2D eigenvalue weighted by Crippen LogP contribution is 2.36. The van der Waals surface area contributed by atoms with E-state index in [0.717, 1.165) is 31.4 Å². The molecule has 23 heavy (non-hydrogen) atoms. The quantitative estimate of drug-likeness (QED) is 0.853. The molecule has 1 fully saturated rings. The fourth-order valence-corrected chi connectivity index (χ4v) is 3.82. The second-order valence-corrected chi connectivity index (χ2v) is 6.57. The second kappa shape index (κ2) is 5.82. The van der Waals surface area contributed by atoms with Gasteiger partial charge in [-0.05, 0) is 43.2 Å². The van der Waals surface area contributed by atoms with Crippen molar-refractivity contribution in [2.24, 2.45) is 0 Å². The smallest absolute Gasteiger partial charge is 0.0866 e. The lowest BCUT2D eigenvalue weighted by atomic mass is 9.75. The van der Waals surface area contributed by atoms with Crippen molar-refractivity contribution < 1.29 is 4.74 Å². The Morgan fingerprint density at radius 3 is 2.65 bits per heavy atom. The molecular formula is C19H21N3O. The molecular weight excluding hydrogens is 286 g/mol. The Balaban J connectivity index is 1.66. The number of fused-ring (bicyclic) bond motifs is 1. The van der Waals surface area contributed by atoms with Crippen LogP contribution in [0.4, 0.5) is 0 Å². The zero-order valence-corrected chi connectivity index (χ0v) is 13.3. The third-order valence-electron chi connectivity index (χ3n) is 5.29. The third kappa shape index (κ3) is 2.46. The van der Waals surface area contributed by atoms with E-state index < -0.39 is 0 Å². The van der Waals surface area contributed by atoms with Gasteiger partial charge in [-0.1, -0.05) is 24.3 Å². The van der Waals surface area contributed by atoms with Crippen LogP contribution in [0.3, 0.4) is 0 Å². The van der Waals surface area contributed by atoms with Gasteiger partial charge in [-0.3, -0.25) is 4.68 Å². The van der Waals surface area contributed by atoms with Gasteiger partial charge in [0.05, 0.1) is 17.7 Å². The summed E-state index contributed by atoms with van der Waals surface area (Å²) < 4.78 is 7.57. The Morgan fingerprint density at radius 1 is 1.13 bits per heavy atom. The summed E-state index contributed by atoms with van der Waals surface area (Å²) in [5.74, 6) is 0. The Morgan fingerprint density at radius 2 is 1.91 bits per heavy atom. The van der Waals surface area contributed by atoms with E-state index in [2.05, 4.69) is 40.1 Å². The van der Waals surface area contributed by atoms with E-state index in [1.54, 1.807) is 0 Å². The van der Waals surface area contributed by atoms with Crippen LogP contribution >= 0.6 is 0 Å². The van der Waals surface area contributed by atoms with Gasteiger partial charge in [0, 0.05) is 31.0 Å². The Kier molecular flexibility index (Phi) is 3.66. The fraction of sp³-hybridized carbons (Fsp3) is 0.474. The maximum absolute atomic E-state index is 9.69. The van der Waals surface area contributed by atoms with Gasteiger partial charge in [0.25, 0.3) is 0 Å². The van der Waals surface area contributed by atoms with Crippen LogP contribution in [0.1, 0.15) is 36.9 Å². The lowest BCUT2D eigenvalue weighted by molar-refractivity contribution is 0.0675. The summed E-state index contributed by atoms with van der Waals surface area (Å²) in [6.07, 6.45) is 7.13. The van der Waals surface area contributed by atoms with Gasteiger partial charge in [0.15, 0.2) is 0 Å². The van der Waals surface area contributed by atoms with Crippen LogP contribution in [0.15, 0.2) is 30.5 Å². The Hall–Kier alpha value is -2.12. The Bertz CT molecular complexity index is 733. The van der Waals surface area contributed by atoms with Crippen LogP contribution in [0.2, 0.25) is 0 Å². The average molecular weight is 307 g/mol. The van der Waals surface area contributed by atoms with Gasteiger partial charge < -0.3 is 4.74 Å². The molecule has 3 heterocycles. The highest BCUT2D eigenvalue weighted by atomic mass is 16.5. The first kappa shape index (κ1) is 14.5. The number of nitriles is 1. The minimum absolute atomic E-state index is 0.380. The summed E-state index contributed by atoms with van der Waals surface area (Å²) >= 11 is 0. The van der Waals surface area contributed by atoms with E-state index in [4.69, 9.17) is 4.74 Å². The fourth-order valence-electron chi connectivity index (χ4n) is 3.82. The van der Waals surface area contributed by atoms with Crippen LogP contribution in [-0.2, 0) is 23.1 Å². The molecule has 0 bridgehead atoms. The first-order chi connectivity index (χ1) is 11.3. The van der Waals surface area contributed by atoms with E-state index in [1.807, 2.05) is 6.20 Å². The minimum atomic E-state index is -0.380. The van der Waals surface area contributed by atoms with E-state index in [1.165, 1.54) is 29.7 Å². The molecule has 0 spiro atoms. The summed E-state index contributed by atoms with van der Waals surface area (Å²) in [5.41, 5.74) is 4.54. The van der Waals surface area contributed by atoms with Crippen LogP contribution < -0.4 is 0 Å². The predicted molar refractivity (Wildman–Crippen MR) is 87.9 cm³/mol. The van der Waals surface area contributed by atoms with Crippen LogP contribution in [0, 0.1) is 11.3 Å². The average Bonchev–Trinajstić information content (AvgIpc) is 3.06. The van der Waals surface area contributed by atoms with E-state index >= 15 is 0 Å². The topological polar surface area (TPSA) is 50.8 Å². The van der Waals surface area contributed by atoms with Crippen molar-refractivity contribution in [1.82, 2.24) is 9.78 Å². The van der Waals surface area contributed by atoms with E-state index in [-0.39, 0.29) is 5.41 Å². The minimum Gasteiger partial charge on any atom is -0.381 e. The third-order valence-corrected chi connectivity index (χ3v) is 5.29. The van der Waals surface area contributed by atoms with Crippen LogP contribution in [-0.4, -0.2) is 23.0 Å². The number of ether oxygens (including phenoxy) is 1. The van der Waals surface area contributed by atoms with Gasteiger partial charge in [0.1, 0.15) is 0 Å². The highest BCUT2D eigenvalue weighted by Gasteiger charge is 2.34. The number of rotatable bonds is 2. The molecule has 0 radical (unpaired) electrons. The summed E-state index contributed by atoms with van der Waals surface area (Å²) in [7, 11) is 0. The summed E-state index contributed by atoms with van der Waals surface area (Å²) in [6, 6.07) is 11.1. The molecule has 2 aliphatic rings. The molecule has 0 aliphatic carbocycles. The molecule has 2 aromatic rings. The lowest BCUT2D eigenvalue weighted by Gasteiger charge is -2.31. The SMILES string of the molecule is N#CC1(c2ccc(-c3cnn4c3CCCC4)cc2)CCOCC1. The molecule has 1 aromatic carbocycles. The molecule has 4 heteroatoms. The molecule has 0 saturated carbocycles. The highest BCUT2D eigenvalue weighted by molar-refractivity contribution is 5.66. The number of nitrogens with zero attached hydrogens (tertiary/aromatic N) is 3. The molecule has 1 saturated heterocycles. The second-order valence-electron chi connectivity index (χ2n) is 6.57. The van der Waals surface area contributed by atoms with Crippen molar-refractivity contribution >= 4 is 0 Å². The van der Waals surface area contributed by atoms with Crippen molar-refractivity contribution in [3.05, 3.63) is 41.7 Å². The van der Waals surface area contributed by atoms with Gasteiger partial charge in [0.2, 0.25) is 0 Å². The van der Waals surface area contributed by atoms with Gasteiger partial charge in [-0.2, -0.15) is 10.4 Å². The first-order valence-electron chi connectivity index (χ1n) is 8.47. The summed E-state index contributed by atoms with van der Waals surface area (Å²) in [5, 5.41) is 14.2. The van der Waals surface area contributed by atoms with Gasteiger partial charge in [-0.25, -0.2) is 0 Å². The van der Waals surface area contributed by atoms with E-state index in [0.29, 0.717) is 13.2 Å². The summed E-state index contributed by atoms with van der Waals surface area (Å²) in [6.45, 7) is 2.38. The number of aryl methyl sites for hydroxylation is 1. The zero-order chi connectivity index (χ0) is 15.7. The zero-order valence-electron chi connectivity index (χ0n) is 13.3. The summed E-state index contributed by atoms with van der Waals surface area (Å²) in [4.78, 5) is 0. The number of hydrogen-bond donors (Lipinski definition) is 0. The standard InChI is InChI=1S/C19H21N3O/c20-14-19(8-11-23-12-9-19)16-6-4-15(5-7-16)17-13-21-22-10-2-1-3-18(17)22/h4-7,13H,1-3,8-12H2. The van der Waals surface area contributed by atoms with Crippen LogP contribution in [0.25, 0.3) is 11.1 Å². The van der Waals surface area contributed by atoms with Crippen molar-refractivity contribution in [2.75, 3.05) is 13.2 Å². The Labute approximate surface area is 136 Å². The molecule has 2 aliphatic heterocycles. The monoisotopic (exact) mass is 307 g/mol. The molecule has 1 aromatic heterocycles. The van der Waals surface area contributed by atoms with E-state index in [9.17, 15) is 5.26 Å². The first-order valence-corrected chi connectivity index (χ1v) is 8.47. The van der Waals surface area contributed by atoms with Crippen molar-refractivity contribution in [1.29, 1.82) is 5.26 Å². The van der Waals surface area contributed by atoms with Gasteiger partial charge in [-0.15, -0.1) is 0 Å². The predicted octanol–water partition coefficient (Wildman–Crippen LogP) is 3.46. The molecule has 118 valence electrons. The van der Waals surface area contributed by atoms with Crippen LogP contribution in [0.5, 0.6) is 0 Å². The van der Waals surface area contributed by atoms with Crippen molar-refractivity contribution in [3.63, 3.8) is 0 Å². The molecule has 0 amide bonds.